The van der Waals surface area contributed by atoms with E-state index in [1.54, 1.807) is 17.6 Å². The van der Waals surface area contributed by atoms with E-state index in [0.29, 0.717) is 42.3 Å². The van der Waals surface area contributed by atoms with Gasteiger partial charge in [0.1, 0.15) is 19.8 Å². The van der Waals surface area contributed by atoms with Crippen LogP contribution in [0.5, 0.6) is 11.5 Å². The highest BCUT2D eigenvalue weighted by molar-refractivity contribution is 5.95. The summed E-state index contributed by atoms with van der Waals surface area (Å²) in [4.78, 5) is 36.6. The Hall–Kier alpha value is -3.47. The molecular weight excluding hydrogens is 512 g/mol. The quantitative estimate of drug-likeness (QED) is 0.380. The molecule has 0 amide bonds. The molecule has 1 fully saturated rings. The average molecular weight is 545 g/mol. The molecule has 2 aromatic heterocycles. The Balaban J connectivity index is 1.39. The summed E-state index contributed by atoms with van der Waals surface area (Å²) in [5.41, 5.74) is 4.20. The summed E-state index contributed by atoms with van der Waals surface area (Å²) in [6.07, 6.45) is 1.93. The van der Waals surface area contributed by atoms with Gasteiger partial charge in [-0.3, -0.25) is 9.69 Å². The minimum absolute atomic E-state index is 0.114. The Labute approximate surface area is 231 Å². The molecule has 40 heavy (non-hydrogen) atoms. The summed E-state index contributed by atoms with van der Waals surface area (Å²) in [6.45, 7) is 6.97. The van der Waals surface area contributed by atoms with Crippen LogP contribution in [-0.2, 0) is 34.7 Å². The number of cyclic esters (lactones) is 1. The molecule has 1 saturated heterocycles. The number of hydrogen-bond acceptors (Lipinski definition) is 9. The Morgan fingerprint density at radius 3 is 2.65 bits per heavy atom. The number of hydrogen-bond donors (Lipinski definition) is 1. The number of likely N-dealkylation sites (N-methyl/N-ethyl adjacent to an activating group) is 1. The Morgan fingerprint density at radius 2 is 1.85 bits per heavy atom. The summed E-state index contributed by atoms with van der Waals surface area (Å²) >= 11 is 0. The zero-order valence-electron chi connectivity index (χ0n) is 22.8. The molecule has 10 nitrogen and oxygen atoms in total. The molecule has 0 spiro atoms. The van der Waals surface area contributed by atoms with Gasteiger partial charge >= 0.3 is 5.97 Å². The van der Waals surface area contributed by atoms with Gasteiger partial charge in [-0.15, -0.1) is 0 Å². The molecule has 1 unspecified atom stereocenters. The number of piperazine rings is 1. The fourth-order valence-corrected chi connectivity index (χ4v) is 7.41. The third-order valence-corrected chi connectivity index (χ3v) is 9.60. The van der Waals surface area contributed by atoms with Crippen LogP contribution in [0.15, 0.2) is 16.9 Å². The van der Waals surface area contributed by atoms with Gasteiger partial charge in [-0.1, -0.05) is 6.92 Å². The maximum absolute atomic E-state index is 13.9. The van der Waals surface area contributed by atoms with Crippen molar-refractivity contribution < 1.29 is 24.1 Å². The number of nitrogens with zero attached hydrogens (tertiary/aromatic N) is 4. The Kier molecular flexibility index (Phi) is 5.18. The van der Waals surface area contributed by atoms with E-state index >= 15 is 0 Å². The van der Waals surface area contributed by atoms with E-state index in [1.165, 1.54) is 5.56 Å². The highest BCUT2D eigenvalue weighted by Crippen LogP contribution is 2.51. The first-order chi connectivity index (χ1) is 19.4. The predicted octanol–water partition coefficient (Wildman–Crippen LogP) is 2.09. The van der Waals surface area contributed by atoms with E-state index in [-0.39, 0.29) is 24.6 Å². The minimum atomic E-state index is -1.85. The fourth-order valence-electron chi connectivity index (χ4n) is 7.41. The molecule has 3 aromatic rings. The summed E-state index contributed by atoms with van der Waals surface area (Å²) in [6, 6.07) is 3.97. The van der Waals surface area contributed by atoms with Crippen molar-refractivity contribution in [2.75, 3.05) is 46.4 Å². The average Bonchev–Trinajstić information content (AvgIpc) is 3.34. The molecule has 1 aromatic carbocycles. The molecule has 6 heterocycles. The highest BCUT2D eigenvalue weighted by Gasteiger charge is 2.46. The van der Waals surface area contributed by atoms with Crippen LogP contribution in [0.3, 0.4) is 0 Å². The van der Waals surface area contributed by atoms with E-state index in [1.807, 2.05) is 6.07 Å². The van der Waals surface area contributed by atoms with Gasteiger partial charge in [0, 0.05) is 60.4 Å². The molecule has 0 radical (unpaired) electrons. The van der Waals surface area contributed by atoms with Gasteiger partial charge in [-0.25, -0.2) is 9.78 Å². The van der Waals surface area contributed by atoms with Gasteiger partial charge in [0.15, 0.2) is 17.1 Å². The van der Waals surface area contributed by atoms with Crippen molar-refractivity contribution in [3.05, 3.63) is 50.3 Å². The fraction of sp³-hybridized carbons (Fsp3) is 0.500. The van der Waals surface area contributed by atoms with Gasteiger partial charge in [0.2, 0.25) is 0 Å². The van der Waals surface area contributed by atoms with Gasteiger partial charge in [0.05, 0.1) is 29.0 Å². The zero-order valence-corrected chi connectivity index (χ0v) is 22.8. The van der Waals surface area contributed by atoms with Crippen LogP contribution in [0.4, 0.5) is 0 Å². The van der Waals surface area contributed by atoms with Gasteiger partial charge in [-0.05, 0) is 37.9 Å². The third-order valence-electron chi connectivity index (χ3n) is 9.60. The van der Waals surface area contributed by atoms with Gasteiger partial charge in [0.25, 0.3) is 5.56 Å². The van der Waals surface area contributed by atoms with Crippen LogP contribution in [0.25, 0.3) is 22.3 Å². The van der Waals surface area contributed by atoms with Gasteiger partial charge in [-0.2, -0.15) is 0 Å². The number of aromatic nitrogens is 2. The van der Waals surface area contributed by atoms with Crippen LogP contribution in [0.1, 0.15) is 53.6 Å². The maximum Gasteiger partial charge on any atom is 0.343 e. The first-order valence-corrected chi connectivity index (χ1v) is 14.3. The second-order valence-corrected chi connectivity index (χ2v) is 11.6. The van der Waals surface area contributed by atoms with E-state index in [0.717, 1.165) is 72.5 Å². The summed E-state index contributed by atoms with van der Waals surface area (Å²) in [5.74, 6) is 0.828. The van der Waals surface area contributed by atoms with Crippen molar-refractivity contribution in [1.82, 2.24) is 19.4 Å². The van der Waals surface area contributed by atoms with Crippen LogP contribution in [-0.4, -0.2) is 76.9 Å². The molecule has 1 aliphatic carbocycles. The van der Waals surface area contributed by atoms with Crippen molar-refractivity contribution in [3.63, 3.8) is 0 Å². The Morgan fingerprint density at radius 1 is 1.05 bits per heavy atom. The molecule has 0 bridgehead atoms. The number of esters is 1. The predicted molar refractivity (Wildman–Crippen MR) is 146 cm³/mol. The normalized spacial score (nSPS) is 25.4. The number of aliphatic hydroxyl groups is 1. The number of ether oxygens (including phenoxy) is 3. The molecular formula is C30H32N4O6. The van der Waals surface area contributed by atoms with Crippen molar-refractivity contribution in [2.45, 2.75) is 51.0 Å². The lowest BCUT2D eigenvalue weighted by molar-refractivity contribution is -0.172. The van der Waals surface area contributed by atoms with E-state index in [4.69, 9.17) is 19.2 Å². The van der Waals surface area contributed by atoms with Crippen LogP contribution < -0.4 is 15.0 Å². The lowest BCUT2D eigenvalue weighted by atomic mass is 9.81. The van der Waals surface area contributed by atoms with Crippen LogP contribution in [0, 0.1) is 0 Å². The number of pyridine rings is 2. The summed E-state index contributed by atoms with van der Waals surface area (Å²) in [7, 11) is 2.16. The lowest BCUT2D eigenvalue weighted by Crippen LogP contribution is -2.46. The summed E-state index contributed by atoms with van der Waals surface area (Å²) < 4.78 is 19.2. The first kappa shape index (κ1) is 24.3. The molecule has 10 heteroatoms. The van der Waals surface area contributed by atoms with Crippen molar-refractivity contribution in [3.8, 4) is 22.9 Å². The van der Waals surface area contributed by atoms with Crippen molar-refractivity contribution in [2.24, 2.45) is 0 Å². The van der Waals surface area contributed by atoms with Crippen molar-refractivity contribution >= 4 is 16.9 Å². The molecule has 5 aliphatic rings. The maximum atomic E-state index is 13.9. The molecule has 4 aliphatic heterocycles. The lowest BCUT2D eigenvalue weighted by Gasteiger charge is -2.41. The van der Waals surface area contributed by atoms with Crippen molar-refractivity contribution in [1.29, 1.82) is 0 Å². The smallest absolute Gasteiger partial charge is 0.343 e. The minimum Gasteiger partial charge on any atom is -0.486 e. The van der Waals surface area contributed by atoms with Gasteiger partial charge < -0.3 is 28.8 Å². The number of aryl methyl sites for hydroxylation is 1. The molecule has 1 N–H and O–H groups in total. The molecule has 8 rings (SSSR count). The second-order valence-electron chi connectivity index (χ2n) is 11.6. The second kappa shape index (κ2) is 8.52. The largest absolute Gasteiger partial charge is 0.486 e. The highest BCUT2D eigenvalue weighted by atomic mass is 16.6. The van der Waals surface area contributed by atoms with Crippen LogP contribution >= 0.6 is 0 Å². The SMILES string of the molecule is CC[C@@]1(O)C(=O)OCc2c1cc1n(c2=O)Cc2c-1nc1cc3c(c4c1c2C(N1CCN(C)CC1)CC4)OCCO3. The number of benzene rings is 1. The molecule has 208 valence electrons. The number of carbonyl (C=O) groups is 1. The number of fused-ring (bicyclic) bond motifs is 7. The number of carbonyl (C=O) groups excluding carboxylic acids is 1. The standard InChI is InChI=1S/C30H32N4O6/c1-3-30(37)19-12-22-26-17(14-34(22)28(35)18(19)15-40-29(30)36)25-21(33-8-6-32(2)7-9-33)5-4-16-24(25)20(31-26)13-23-27(16)39-11-10-38-23/h12-13,21,37H,3-11,14-15H2,1-2H3/t21?,30-/m0/s1. The zero-order chi connectivity index (χ0) is 27.3. The first-order valence-electron chi connectivity index (χ1n) is 14.3. The van der Waals surface area contributed by atoms with E-state index < -0.39 is 11.6 Å². The topological polar surface area (TPSA) is 106 Å². The van der Waals surface area contributed by atoms with Crippen LogP contribution in [0.2, 0.25) is 0 Å². The molecule has 0 saturated carbocycles. The third kappa shape index (κ3) is 3.18. The number of rotatable bonds is 2. The van der Waals surface area contributed by atoms with E-state index in [2.05, 4.69) is 16.8 Å². The monoisotopic (exact) mass is 544 g/mol. The van der Waals surface area contributed by atoms with E-state index in [9.17, 15) is 14.7 Å². The summed E-state index contributed by atoms with van der Waals surface area (Å²) in [5, 5.41) is 12.4. The molecule has 2 atom stereocenters. The Bertz CT molecular complexity index is 1670.